The molecule has 2 aliphatic rings. The van der Waals surface area contributed by atoms with E-state index in [-0.39, 0.29) is 12.0 Å². The van der Waals surface area contributed by atoms with Gasteiger partial charge in [0.05, 0.1) is 0 Å². The summed E-state index contributed by atoms with van der Waals surface area (Å²) < 4.78 is 16.0. The molecule has 0 radical (unpaired) electrons. The number of phenols is 1. The predicted octanol–water partition coefficient (Wildman–Crippen LogP) is 12.8. The number of carbonyl (C=O) groups excluding carboxylic acids is 2. The Bertz CT molecular complexity index is 1490. The van der Waals surface area contributed by atoms with Crippen LogP contribution in [0, 0.1) is 38.5 Å². The summed E-state index contributed by atoms with van der Waals surface area (Å²) in [6.07, 6.45) is 27.4. The maximum Gasteiger partial charge on any atom is 0.378 e. The van der Waals surface area contributed by atoms with E-state index in [9.17, 15) is 35.1 Å². The Balaban J connectivity index is 0.000000420. The zero-order valence-corrected chi connectivity index (χ0v) is 40.0. The van der Waals surface area contributed by atoms with E-state index in [2.05, 4.69) is 53.2 Å². The zero-order chi connectivity index (χ0) is 45.6. The summed E-state index contributed by atoms with van der Waals surface area (Å²) in [5, 5.41) is 48.9. The molecular formula is C51H88O10. The van der Waals surface area contributed by atoms with Crippen LogP contribution in [0.2, 0.25) is 0 Å². The number of unbranched alkanes of at least 4 members (excludes halogenated alkanes) is 12. The quantitative estimate of drug-likeness (QED) is 0.0298. The van der Waals surface area contributed by atoms with Crippen LogP contribution < -0.4 is 4.74 Å². The molecule has 0 saturated carbocycles. The first kappa shape index (κ1) is 54.2. The van der Waals surface area contributed by atoms with Crippen molar-refractivity contribution in [3.63, 3.8) is 0 Å². The largest absolute Gasteiger partial charge is 0.507 e. The summed E-state index contributed by atoms with van der Waals surface area (Å²) in [4.78, 5) is 23.2. The highest BCUT2D eigenvalue weighted by Gasteiger charge is 2.52. The molecule has 0 aliphatic carbocycles. The van der Waals surface area contributed by atoms with Crippen molar-refractivity contribution in [2.24, 2.45) is 17.8 Å². The first-order chi connectivity index (χ1) is 28.9. The van der Waals surface area contributed by atoms with Gasteiger partial charge >= 0.3 is 11.9 Å². The molecule has 0 fully saturated rings. The first-order valence-electron chi connectivity index (χ1n) is 24.3. The first-order valence-corrected chi connectivity index (χ1v) is 24.3. The number of rotatable bonds is 29. The fourth-order valence-corrected chi connectivity index (χ4v) is 8.73. The second-order valence-corrected chi connectivity index (χ2v) is 19.4. The number of aromatic hydroxyl groups is 1. The molecule has 5 atom stereocenters. The Labute approximate surface area is 370 Å². The number of carbonyl (C=O) groups is 2. The van der Waals surface area contributed by atoms with Crippen molar-refractivity contribution in [1.29, 1.82) is 0 Å². The van der Waals surface area contributed by atoms with E-state index < -0.39 is 42.0 Å². The minimum Gasteiger partial charge on any atom is -0.507 e. The number of aliphatic hydroxyl groups is 4. The Morgan fingerprint density at radius 2 is 1.26 bits per heavy atom. The highest BCUT2D eigenvalue weighted by atomic mass is 16.7. The van der Waals surface area contributed by atoms with Crippen LogP contribution in [0.15, 0.2) is 11.5 Å². The Kier molecular flexibility index (Phi) is 24.8. The minimum absolute atomic E-state index is 0.0250. The summed E-state index contributed by atoms with van der Waals surface area (Å²) >= 11 is 0. The summed E-state index contributed by atoms with van der Waals surface area (Å²) in [7, 11) is 0. The smallest absolute Gasteiger partial charge is 0.378 e. The third-order valence-corrected chi connectivity index (χ3v) is 13.2. The normalized spacial score (nSPS) is 19.4. The maximum absolute atomic E-state index is 12.0. The highest BCUT2D eigenvalue weighted by molar-refractivity contribution is 5.89. The maximum atomic E-state index is 12.0. The third kappa shape index (κ3) is 18.7. The highest BCUT2D eigenvalue weighted by Crippen LogP contribution is 2.44. The molecule has 2 aliphatic heterocycles. The van der Waals surface area contributed by atoms with Gasteiger partial charge in [0.15, 0.2) is 5.76 Å². The fourth-order valence-electron chi connectivity index (χ4n) is 8.73. The van der Waals surface area contributed by atoms with Gasteiger partial charge < -0.3 is 39.7 Å². The standard InChI is InChI=1S/C29H50O2.C22H38O8/c1-20(2)12-9-13-21(3)14-10-15-22(4)16-11-18-29(8)19-17-26-25(7)27(30)23(5)24(6)28(26)31-29;1-2-3-4-5-6-7-8-9-10-11-12-13-14-15-17(24)30-22(28,16-23)20-18(25)19(26)21(27)29-20/h20-22,30H,9-19H2,1-8H3;20,23,25-26,28H,2-16H2,1H3/t21-,22+,29-;/m0./s1. The number of hydrogen-bond donors (Lipinski definition) is 5. The number of cyclic esters (lactones) is 1. The van der Waals surface area contributed by atoms with Crippen LogP contribution in [0.3, 0.4) is 0 Å². The monoisotopic (exact) mass is 861 g/mol. The summed E-state index contributed by atoms with van der Waals surface area (Å²) in [6.45, 7) is 19.1. The van der Waals surface area contributed by atoms with Crippen molar-refractivity contribution >= 4 is 11.9 Å². The Morgan fingerprint density at radius 3 is 1.75 bits per heavy atom. The molecule has 61 heavy (non-hydrogen) atoms. The molecule has 1 aromatic carbocycles. The van der Waals surface area contributed by atoms with E-state index >= 15 is 0 Å². The van der Waals surface area contributed by atoms with Crippen LogP contribution in [0.4, 0.5) is 0 Å². The van der Waals surface area contributed by atoms with Gasteiger partial charge in [-0.3, -0.25) is 4.79 Å². The van der Waals surface area contributed by atoms with Crippen LogP contribution >= 0.6 is 0 Å². The van der Waals surface area contributed by atoms with Gasteiger partial charge in [0.1, 0.15) is 23.7 Å². The van der Waals surface area contributed by atoms with Gasteiger partial charge in [-0.15, -0.1) is 0 Å². The molecule has 5 N–H and O–H groups in total. The number of benzene rings is 1. The average Bonchev–Trinajstić information content (AvgIpc) is 3.48. The van der Waals surface area contributed by atoms with Crippen molar-refractivity contribution in [1.82, 2.24) is 0 Å². The molecular weight excluding hydrogens is 773 g/mol. The van der Waals surface area contributed by atoms with Crippen molar-refractivity contribution in [3.8, 4) is 11.5 Å². The molecule has 2 unspecified atom stereocenters. The van der Waals surface area contributed by atoms with Gasteiger partial charge in [-0.1, -0.05) is 157 Å². The van der Waals surface area contributed by atoms with Gasteiger partial charge in [-0.2, -0.15) is 0 Å². The molecule has 10 heteroatoms. The molecule has 0 saturated heterocycles. The number of ether oxygens (including phenoxy) is 3. The van der Waals surface area contributed by atoms with Crippen molar-refractivity contribution in [2.45, 2.75) is 240 Å². The van der Waals surface area contributed by atoms with Gasteiger partial charge in [-0.25, -0.2) is 4.79 Å². The van der Waals surface area contributed by atoms with Crippen molar-refractivity contribution in [3.05, 3.63) is 33.8 Å². The van der Waals surface area contributed by atoms with Gasteiger partial charge in [-0.05, 0) is 94.2 Å². The Hall–Kier alpha value is -2.98. The molecule has 0 spiro atoms. The van der Waals surface area contributed by atoms with Crippen molar-refractivity contribution in [2.75, 3.05) is 6.61 Å². The van der Waals surface area contributed by atoms with Gasteiger partial charge in [0.2, 0.25) is 11.9 Å². The lowest BCUT2D eigenvalue weighted by atomic mass is 9.84. The van der Waals surface area contributed by atoms with Crippen LogP contribution in [0.25, 0.3) is 0 Å². The molecule has 1 aromatic rings. The van der Waals surface area contributed by atoms with Crippen molar-refractivity contribution < 1.29 is 49.3 Å². The second kappa shape index (κ2) is 27.9. The van der Waals surface area contributed by atoms with E-state index in [1.165, 1.54) is 115 Å². The zero-order valence-electron chi connectivity index (χ0n) is 40.0. The number of esters is 2. The molecule has 0 amide bonds. The SMILES string of the molecule is CCCCCCCCCCCCCCCC(=O)OC(O)(CO)C1OC(=O)C(O)=C1O.Cc1c(C)c2c(c(C)c1O)CC[C@](C)(CCC[C@H](C)CCC[C@@H](C)CCCC(C)C)O2. The van der Waals surface area contributed by atoms with E-state index in [0.717, 1.165) is 78.7 Å². The third-order valence-electron chi connectivity index (χ3n) is 13.2. The minimum atomic E-state index is -2.64. The lowest BCUT2D eigenvalue weighted by Gasteiger charge is -2.38. The second-order valence-electron chi connectivity index (χ2n) is 19.4. The molecule has 0 bridgehead atoms. The van der Waals surface area contributed by atoms with Crippen LogP contribution in [-0.4, -0.2) is 61.6 Å². The molecule has 0 aromatic heterocycles. The Morgan fingerprint density at radius 1 is 0.754 bits per heavy atom. The predicted molar refractivity (Wildman–Crippen MR) is 245 cm³/mol. The molecule has 2 heterocycles. The summed E-state index contributed by atoms with van der Waals surface area (Å²) in [6, 6.07) is 0. The molecule has 3 rings (SSSR count). The van der Waals surface area contributed by atoms with Crippen LogP contribution in [0.5, 0.6) is 11.5 Å². The fraction of sp³-hybridized carbons (Fsp3) is 0.804. The van der Waals surface area contributed by atoms with E-state index in [1.54, 1.807) is 0 Å². The summed E-state index contributed by atoms with van der Waals surface area (Å²) in [5.74, 6) is -2.72. The molecule has 10 nitrogen and oxygen atoms in total. The average molecular weight is 861 g/mol. The lowest BCUT2D eigenvalue weighted by Crippen LogP contribution is -2.50. The molecule has 352 valence electrons. The number of aliphatic hydroxyl groups excluding tert-OH is 3. The van der Waals surface area contributed by atoms with E-state index in [0.29, 0.717) is 12.2 Å². The lowest BCUT2D eigenvalue weighted by molar-refractivity contribution is -0.259. The number of phenolic OH excluding ortho intramolecular Hbond substituents is 1. The van der Waals surface area contributed by atoms with E-state index in [1.807, 2.05) is 13.8 Å². The van der Waals surface area contributed by atoms with Crippen LogP contribution in [-0.2, 0) is 25.5 Å². The van der Waals surface area contributed by atoms with Gasteiger partial charge in [0, 0.05) is 12.0 Å². The van der Waals surface area contributed by atoms with Gasteiger partial charge in [0.25, 0.3) is 5.79 Å². The van der Waals surface area contributed by atoms with E-state index in [4.69, 9.17) is 9.47 Å². The number of hydrogen-bond acceptors (Lipinski definition) is 10. The topological polar surface area (TPSA) is 163 Å². The van der Waals surface area contributed by atoms with Crippen LogP contribution in [0.1, 0.15) is 218 Å². The summed E-state index contributed by atoms with van der Waals surface area (Å²) in [5.41, 5.74) is 4.23. The number of fused-ring (bicyclic) bond motifs is 1.